The molecular formula is C12H16F5NO. The second-order valence-electron chi connectivity index (χ2n) is 4.38. The van der Waals surface area contributed by atoms with Crippen LogP contribution in [0.4, 0.5) is 22.0 Å². The van der Waals surface area contributed by atoms with Crippen LogP contribution in [0.25, 0.3) is 0 Å². The minimum atomic E-state index is -5.62. The van der Waals surface area contributed by atoms with E-state index in [2.05, 4.69) is 5.32 Å². The van der Waals surface area contributed by atoms with E-state index in [1.165, 1.54) is 19.9 Å². The van der Waals surface area contributed by atoms with Crippen LogP contribution in [0, 0.1) is 13.8 Å². The average Bonchev–Trinajstić information content (AvgIpc) is 2.56. The summed E-state index contributed by atoms with van der Waals surface area (Å²) in [5.74, 6) is -4.49. The van der Waals surface area contributed by atoms with Gasteiger partial charge in [0.25, 0.3) is 0 Å². The second kappa shape index (κ2) is 5.48. The summed E-state index contributed by atoms with van der Waals surface area (Å²) in [5.41, 5.74) is -0.159. The van der Waals surface area contributed by atoms with Gasteiger partial charge in [-0.2, -0.15) is 22.0 Å². The normalized spacial score (nSPS) is 14.7. The average molecular weight is 285 g/mol. The SMILES string of the molecule is CCCNC(c1cc(C)oc1C)C(F)(F)C(F)(F)F. The minimum absolute atomic E-state index is 0.0556. The Bertz CT molecular complexity index is 424. The Labute approximate surface area is 108 Å². The third kappa shape index (κ3) is 3.26. The van der Waals surface area contributed by atoms with E-state index in [1.807, 2.05) is 0 Å². The van der Waals surface area contributed by atoms with Crippen LogP contribution in [0.1, 0.15) is 36.5 Å². The smallest absolute Gasteiger partial charge is 0.455 e. The zero-order chi connectivity index (χ0) is 14.8. The fraction of sp³-hybridized carbons (Fsp3) is 0.667. The predicted molar refractivity (Wildman–Crippen MR) is 60.2 cm³/mol. The molecule has 1 N–H and O–H groups in total. The summed E-state index contributed by atoms with van der Waals surface area (Å²) in [5, 5.41) is 2.26. The highest BCUT2D eigenvalue weighted by Gasteiger charge is 2.63. The molecule has 0 spiro atoms. The predicted octanol–water partition coefficient (Wildman–Crippen LogP) is 4.13. The molecule has 0 aliphatic heterocycles. The number of rotatable bonds is 5. The molecule has 0 aliphatic carbocycles. The van der Waals surface area contributed by atoms with E-state index in [-0.39, 0.29) is 17.9 Å². The molecular weight excluding hydrogens is 269 g/mol. The Hall–Kier alpha value is -1.11. The first kappa shape index (κ1) is 15.9. The van der Waals surface area contributed by atoms with Gasteiger partial charge in [-0.15, -0.1) is 0 Å². The summed E-state index contributed by atoms with van der Waals surface area (Å²) in [6.45, 7) is 4.61. The van der Waals surface area contributed by atoms with Crippen molar-refractivity contribution in [2.24, 2.45) is 0 Å². The lowest BCUT2D eigenvalue weighted by molar-refractivity contribution is -0.294. The van der Waals surface area contributed by atoms with E-state index >= 15 is 0 Å². The largest absolute Gasteiger partial charge is 0.466 e. The molecule has 0 amide bonds. The van der Waals surface area contributed by atoms with Crippen LogP contribution in [-0.4, -0.2) is 18.6 Å². The van der Waals surface area contributed by atoms with Crippen LogP contribution in [0.15, 0.2) is 10.5 Å². The van der Waals surface area contributed by atoms with E-state index < -0.39 is 18.1 Å². The molecule has 0 saturated heterocycles. The molecule has 1 aromatic rings. The summed E-state index contributed by atoms with van der Waals surface area (Å²) < 4.78 is 69.7. The lowest BCUT2D eigenvalue weighted by atomic mass is 10.00. The van der Waals surface area contributed by atoms with Gasteiger partial charge < -0.3 is 9.73 Å². The van der Waals surface area contributed by atoms with Crippen molar-refractivity contribution in [3.8, 4) is 0 Å². The summed E-state index contributed by atoms with van der Waals surface area (Å²) in [6, 6.07) is -0.924. The van der Waals surface area contributed by atoms with Gasteiger partial charge in [0.2, 0.25) is 0 Å². The van der Waals surface area contributed by atoms with E-state index in [0.717, 1.165) is 0 Å². The fourth-order valence-electron chi connectivity index (χ4n) is 1.82. The van der Waals surface area contributed by atoms with Gasteiger partial charge in [-0.1, -0.05) is 6.92 Å². The number of hydrogen-bond donors (Lipinski definition) is 1. The molecule has 0 fully saturated rings. The Balaban J connectivity index is 3.18. The molecule has 0 saturated carbocycles. The standard InChI is InChI=1S/C12H16F5NO/c1-4-5-18-10(11(13,14)12(15,16)17)9-6-7(2)19-8(9)3/h6,10,18H,4-5H2,1-3H3. The number of halogens is 5. The number of hydrogen-bond acceptors (Lipinski definition) is 2. The van der Waals surface area contributed by atoms with Crippen molar-refractivity contribution in [2.45, 2.75) is 45.3 Å². The molecule has 19 heavy (non-hydrogen) atoms. The van der Waals surface area contributed by atoms with Crippen LogP contribution >= 0.6 is 0 Å². The fourth-order valence-corrected chi connectivity index (χ4v) is 1.82. The first-order valence-corrected chi connectivity index (χ1v) is 5.86. The number of alkyl halides is 5. The molecule has 0 radical (unpaired) electrons. The van der Waals surface area contributed by atoms with E-state index in [4.69, 9.17) is 4.42 Å². The van der Waals surface area contributed by atoms with Crippen LogP contribution in [0.2, 0.25) is 0 Å². The molecule has 7 heteroatoms. The Morgan fingerprint density at radius 3 is 2.16 bits per heavy atom. The third-order valence-electron chi connectivity index (χ3n) is 2.73. The molecule has 0 bridgehead atoms. The maximum atomic E-state index is 13.6. The molecule has 1 atom stereocenters. The summed E-state index contributed by atoms with van der Waals surface area (Å²) in [7, 11) is 0. The highest BCUT2D eigenvalue weighted by atomic mass is 19.4. The zero-order valence-corrected chi connectivity index (χ0v) is 10.9. The van der Waals surface area contributed by atoms with Crippen LogP contribution in [0.5, 0.6) is 0 Å². The van der Waals surface area contributed by atoms with Gasteiger partial charge in [-0.25, -0.2) is 0 Å². The highest BCUT2D eigenvalue weighted by Crippen LogP contribution is 2.45. The molecule has 1 aromatic heterocycles. The lowest BCUT2D eigenvalue weighted by Crippen LogP contribution is -2.48. The quantitative estimate of drug-likeness (QED) is 0.823. The minimum Gasteiger partial charge on any atom is -0.466 e. The Kier molecular flexibility index (Phi) is 4.60. The Morgan fingerprint density at radius 1 is 1.21 bits per heavy atom. The summed E-state index contributed by atoms with van der Waals surface area (Å²) >= 11 is 0. The van der Waals surface area contributed by atoms with Gasteiger partial charge in [0.1, 0.15) is 17.6 Å². The van der Waals surface area contributed by atoms with Gasteiger partial charge >= 0.3 is 12.1 Å². The summed E-state index contributed by atoms with van der Waals surface area (Å²) in [4.78, 5) is 0. The highest BCUT2D eigenvalue weighted by molar-refractivity contribution is 5.26. The van der Waals surface area contributed by atoms with E-state index in [9.17, 15) is 22.0 Å². The molecule has 2 nitrogen and oxygen atoms in total. The van der Waals surface area contributed by atoms with Gasteiger partial charge in [-0.05, 0) is 32.9 Å². The topological polar surface area (TPSA) is 25.2 Å². The van der Waals surface area contributed by atoms with Crippen LogP contribution in [-0.2, 0) is 0 Å². The van der Waals surface area contributed by atoms with Crippen LogP contribution in [0.3, 0.4) is 0 Å². The first-order valence-electron chi connectivity index (χ1n) is 5.86. The summed E-state index contributed by atoms with van der Waals surface area (Å²) in [6.07, 6.45) is -5.17. The van der Waals surface area contributed by atoms with Crippen molar-refractivity contribution >= 4 is 0 Å². The number of aryl methyl sites for hydroxylation is 2. The molecule has 1 unspecified atom stereocenters. The molecule has 1 rings (SSSR count). The Morgan fingerprint density at radius 2 is 1.79 bits per heavy atom. The third-order valence-corrected chi connectivity index (χ3v) is 2.73. The molecule has 1 heterocycles. The number of nitrogens with one attached hydrogen (secondary N) is 1. The molecule has 0 aromatic carbocycles. The van der Waals surface area contributed by atoms with Crippen molar-refractivity contribution in [1.82, 2.24) is 5.32 Å². The van der Waals surface area contributed by atoms with E-state index in [0.29, 0.717) is 12.2 Å². The van der Waals surface area contributed by atoms with Crippen molar-refractivity contribution < 1.29 is 26.4 Å². The van der Waals surface area contributed by atoms with Gasteiger partial charge in [0.15, 0.2) is 0 Å². The van der Waals surface area contributed by atoms with Gasteiger partial charge in [0, 0.05) is 5.56 Å². The van der Waals surface area contributed by atoms with Gasteiger partial charge in [-0.3, -0.25) is 0 Å². The second-order valence-corrected chi connectivity index (χ2v) is 4.38. The lowest BCUT2D eigenvalue weighted by Gasteiger charge is -2.29. The zero-order valence-electron chi connectivity index (χ0n) is 10.9. The monoisotopic (exact) mass is 285 g/mol. The molecule has 110 valence electrons. The van der Waals surface area contributed by atoms with Crippen molar-refractivity contribution in [1.29, 1.82) is 0 Å². The first-order chi connectivity index (χ1) is 8.61. The molecule has 0 aliphatic rings. The van der Waals surface area contributed by atoms with Crippen molar-refractivity contribution in [2.75, 3.05) is 6.54 Å². The number of furan rings is 1. The maximum Gasteiger partial charge on any atom is 0.455 e. The van der Waals surface area contributed by atoms with Crippen LogP contribution < -0.4 is 5.32 Å². The van der Waals surface area contributed by atoms with Gasteiger partial charge in [0.05, 0.1) is 0 Å². The van der Waals surface area contributed by atoms with Crippen molar-refractivity contribution in [3.63, 3.8) is 0 Å². The van der Waals surface area contributed by atoms with E-state index in [1.54, 1.807) is 6.92 Å². The maximum absolute atomic E-state index is 13.6. The van der Waals surface area contributed by atoms with Crippen molar-refractivity contribution in [3.05, 3.63) is 23.2 Å².